The van der Waals surface area contributed by atoms with E-state index in [4.69, 9.17) is 10.5 Å². The number of carbonyl (C=O) groups is 4. The number of nitrogens with two attached hydrogens (primary N) is 1. The number of ether oxygens (including phenoxy) is 1. The second-order valence-electron chi connectivity index (χ2n) is 8.39. The molecule has 2 N–H and O–H groups in total. The van der Waals surface area contributed by atoms with Crippen molar-refractivity contribution < 1.29 is 23.9 Å². The van der Waals surface area contributed by atoms with E-state index in [1.807, 2.05) is 0 Å². The molecule has 2 saturated heterocycles. The van der Waals surface area contributed by atoms with E-state index in [1.165, 1.54) is 24.1 Å². The van der Waals surface area contributed by atoms with Crippen molar-refractivity contribution in [3.8, 4) is 0 Å². The predicted octanol–water partition coefficient (Wildman–Crippen LogP) is 1.95. The minimum atomic E-state index is -1.07. The van der Waals surface area contributed by atoms with Crippen LogP contribution >= 0.6 is 0 Å². The Morgan fingerprint density at radius 3 is 2.10 bits per heavy atom. The maximum Gasteiger partial charge on any atom is 0.410 e. The van der Waals surface area contributed by atoms with Crippen LogP contribution in [0.25, 0.3) is 0 Å². The van der Waals surface area contributed by atoms with Gasteiger partial charge in [-0.15, -0.1) is 0 Å². The summed E-state index contributed by atoms with van der Waals surface area (Å²) in [4.78, 5) is 53.7. The van der Waals surface area contributed by atoms with Crippen LogP contribution in [0.5, 0.6) is 0 Å². The number of primary amides is 1. The van der Waals surface area contributed by atoms with Crippen molar-refractivity contribution in [1.82, 2.24) is 9.80 Å². The minimum Gasteiger partial charge on any atom is -0.444 e. The molecule has 0 aromatic heterocycles. The first kappa shape index (κ1) is 20.6. The third kappa shape index (κ3) is 3.64. The molecule has 29 heavy (non-hydrogen) atoms. The van der Waals surface area contributed by atoms with E-state index in [9.17, 15) is 19.2 Å². The Kier molecular flexibility index (Phi) is 5.02. The number of imide groups is 1. The lowest BCUT2D eigenvalue weighted by Crippen LogP contribution is -2.58. The minimum absolute atomic E-state index is 0.289. The van der Waals surface area contributed by atoms with Gasteiger partial charge in [0, 0.05) is 31.4 Å². The summed E-state index contributed by atoms with van der Waals surface area (Å²) in [7, 11) is 1.45. The summed E-state index contributed by atoms with van der Waals surface area (Å²) in [5.41, 5.74) is 4.42. The number of benzene rings is 1. The SMILES string of the molecule is CN1C(=O)N(c2ccc(C(N)=O)cc2)C2(CCN(C(=O)OC(C)(C)C)CC2)C1=O. The number of likely N-dealkylation sites (N-methyl/N-ethyl adjacent to an activating group) is 1. The number of rotatable bonds is 2. The lowest BCUT2D eigenvalue weighted by Gasteiger charge is -2.42. The molecular formula is C20H26N4O5. The number of carbonyl (C=O) groups excluding carboxylic acids is 4. The van der Waals surface area contributed by atoms with Crippen LogP contribution in [-0.2, 0) is 9.53 Å². The summed E-state index contributed by atoms with van der Waals surface area (Å²) in [6, 6.07) is 5.82. The fraction of sp³-hybridized carbons (Fsp3) is 0.500. The van der Waals surface area contributed by atoms with Crippen LogP contribution in [0.15, 0.2) is 24.3 Å². The number of hydrogen-bond donors (Lipinski definition) is 1. The maximum atomic E-state index is 13.0. The van der Waals surface area contributed by atoms with Crippen molar-refractivity contribution >= 4 is 29.6 Å². The number of piperidine rings is 1. The molecule has 2 aliphatic rings. The first-order valence-electron chi connectivity index (χ1n) is 9.46. The molecule has 1 aromatic rings. The fourth-order valence-corrected chi connectivity index (χ4v) is 3.78. The molecule has 9 heteroatoms. The standard InChI is InChI=1S/C20H26N4O5/c1-19(2,3)29-18(28)23-11-9-20(10-12-23)16(26)22(4)17(27)24(20)14-7-5-13(6-8-14)15(21)25/h5-8H,9-12H2,1-4H3,(H2,21,25). The molecule has 0 unspecified atom stereocenters. The first-order valence-corrected chi connectivity index (χ1v) is 9.46. The van der Waals surface area contributed by atoms with Crippen LogP contribution in [0.4, 0.5) is 15.3 Å². The third-order valence-electron chi connectivity index (χ3n) is 5.26. The Morgan fingerprint density at radius 2 is 1.62 bits per heavy atom. The van der Waals surface area contributed by atoms with Gasteiger partial charge in [0.15, 0.2) is 0 Å². The molecule has 0 aliphatic carbocycles. The number of anilines is 1. The highest BCUT2D eigenvalue weighted by Crippen LogP contribution is 2.40. The highest BCUT2D eigenvalue weighted by Gasteiger charge is 2.58. The zero-order valence-corrected chi connectivity index (χ0v) is 17.1. The Balaban J connectivity index is 1.86. The van der Waals surface area contributed by atoms with Gasteiger partial charge in [-0.1, -0.05) is 0 Å². The fourth-order valence-electron chi connectivity index (χ4n) is 3.78. The molecule has 2 aliphatic heterocycles. The molecular weight excluding hydrogens is 376 g/mol. The van der Waals surface area contributed by atoms with E-state index in [2.05, 4.69) is 0 Å². The molecule has 0 atom stereocenters. The molecule has 2 heterocycles. The van der Waals surface area contributed by atoms with E-state index in [0.717, 1.165) is 4.90 Å². The van der Waals surface area contributed by atoms with Gasteiger partial charge >= 0.3 is 12.1 Å². The van der Waals surface area contributed by atoms with Crippen LogP contribution in [0.1, 0.15) is 44.0 Å². The number of likely N-dealkylation sites (tertiary alicyclic amines) is 1. The molecule has 9 nitrogen and oxygen atoms in total. The number of nitrogens with zero attached hydrogens (tertiary/aromatic N) is 3. The molecule has 0 saturated carbocycles. The molecule has 0 radical (unpaired) electrons. The second-order valence-corrected chi connectivity index (χ2v) is 8.39. The van der Waals surface area contributed by atoms with E-state index < -0.39 is 29.2 Å². The smallest absolute Gasteiger partial charge is 0.410 e. The highest BCUT2D eigenvalue weighted by atomic mass is 16.6. The van der Waals surface area contributed by atoms with Gasteiger partial charge in [-0.3, -0.25) is 19.4 Å². The number of hydrogen-bond acceptors (Lipinski definition) is 5. The number of amides is 5. The summed E-state index contributed by atoms with van der Waals surface area (Å²) < 4.78 is 5.41. The van der Waals surface area contributed by atoms with Crippen molar-refractivity contribution in [2.45, 2.75) is 44.8 Å². The largest absolute Gasteiger partial charge is 0.444 e. The van der Waals surface area contributed by atoms with Gasteiger partial charge in [0.2, 0.25) is 5.91 Å². The van der Waals surface area contributed by atoms with Crippen LogP contribution in [0.3, 0.4) is 0 Å². The van der Waals surface area contributed by atoms with Crippen LogP contribution in [0.2, 0.25) is 0 Å². The summed E-state index contributed by atoms with van der Waals surface area (Å²) in [6.07, 6.45) is 0.145. The lowest BCUT2D eigenvalue weighted by atomic mass is 9.85. The molecule has 5 amide bonds. The van der Waals surface area contributed by atoms with Gasteiger partial charge in [0.05, 0.1) is 0 Å². The van der Waals surface area contributed by atoms with E-state index in [1.54, 1.807) is 37.8 Å². The van der Waals surface area contributed by atoms with Gasteiger partial charge in [0.25, 0.3) is 5.91 Å². The zero-order chi connectivity index (χ0) is 21.6. The zero-order valence-electron chi connectivity index (χ0n) is 17.1. The summed E-state index contributed by atoms with van der Waals surface area (Å²) in [5.74, 6) is -0.872. The van der Waals surface area contributed by atoms with Crippen LogP contribution in [-0.4, -0.2) is 65.0 Å². The molecule has 3 rings (SSSR count). The lowest BCUT2D eigenvalue weighted by molar-refractivity contribution is -0.131. The van der Waals surface area contributed by atoms with Gasteiger partial charge in [0.1, 0.15) is 11.1 Å². The molecule has 2 fully saturated rings. The Bertz CT molecular complexity index is 851. The van der Waals surface area contributed by atoms with Gasteiger partial charge in [-0.2, -0.15) is 0 Å². The van der Waals surface area contributed by atoms with E-state index in [0.29, 0.717) is 24.1 Å². The molecule has 0 bridgehead atoms. The van der Waals surface area contributed by atoms with Gasteiger partial charge in [-0.05, 0) is 57.9 Å². The normalized spacial score (nSPS) is 19.1. The number of urea groups is 1. The predicted molar refractivity (Wildman–Crippen MR) is 105 cm³/mol. The molecule has 1 spiro atoms. The van der Waals surface area contributed by atoms with Crippen molar-refractivity contribution in [3.05, 3.63) is 29.8 Å². The summed E-state index contributed by atoms with van der Waals surface area (Å²) in [5, 5.41) is 0. The Morgan fingerprint density at radius 1 is 1.07 bits per heavy atom. The third-order valence-corrected chi connectivity index (χ3v) is 5.26. The first-order chi connectivity index (χ1) is 13.5. The Labute approximate surface area is 169 Å². The van der Waals surface area contributed by atoms with E-state index >= 15 is 0 Å². The van der Waals surface area contributed by atoms with Crippen molar-refractivity contribution in [1.29, 1.82) is 0 Å². The van der Waals surface area contributed by atoms with Crippen LogP contribution in [0, 0.1) is 0 Å². The summed E-state index contributed by atoms with van der Waals surface area (Å²) in [6.45, 7) is 5.96. The van der Waals surface area contributed by atoms with Gasteiger partial charge in [-0.25, -0.2) is 9.59 Å². The maximum absolute atomic E-state index is 13.0. The molecule has 156 valence electrons. The quantitative estimate of drug-likeness (QED) is 0.760. The monoisotopic (exact) mass is 402 g/mol. The summed E-state index contributed by atoms with van der Waals surface area (Å²) >= 11 is 0. The average Bonchev–Trinajstić information content (AvgIpc) is 2.82. The highest BCUT2D eigenvalue weighted by molar-refractivity contribution is 6.16. The molecule has 1 aromatic carbocycles. The average molecular weight is 402 g/mol. The van der Waals surface area contributed by atoms with Gasteiger partial charge < -0.3 is 15.4 Å². The Hall–Kier alpha value is -3.10. The van der Waals surface area contributed by atoms with Crippen molar-refractivity contribution in [2.24, 2.45) is 5.73 Å². The topological polar surface area (TPSA) is 113 Å². The second kappa shape index (κ2) is 7.06. The van der Waals surface area contributed by atoms with Crippen molar-refractivity contribution in [3.63, 3.8) is 0 Å². The van der Waals surface area contributed by atoms with E-state index in [-0.39, 0.29) is 19.0 Å². The van der Waals surface area contributed by atoms with Crippen molar-refractivity contribution in [2.75, 3.05) is 25.0 Å². The van der Waals surface area contributed by atoms with Crippen LogP contribution < -0.4 is 10.6 Å².